The van der Waals surface area contributed by atoms with E-state index in [-0.39, 0.29) is 11.5 Å². The SMILES string of the molecule is CCCn1c2ccccc2c2nnc(SCC(=O)c3cc(C)n(CCOC)c3C)nc21. The molecule has 7 nitrogen and oxygen atoms in total. The van der Waals surface area contributed by atoms with Crippen LogP contribution in [0.25, 0.3) is 22.1 Å². The zero-order valence-electron chi connectivity index (χ0n) is 18.4. The van der Waals surface area contributed by atoms with Crippen LogP contribution in [0, 0.1) is 13.8 Å². The van der Waals surface area contributed by atoms with Crippen molar-refractivity contribution >= 4 is 39.6 Å². The Bertz CT molecular complexity index is 1240. The topological polar surface area (TPSA) is 74.8 Å². The summed E-state index contributed by atoms with van der Waals surface area (Å²) in [6, 6.07) is 10.1. The Kier molecular flexibility index (Phi) is 6.38. The van der Waals surface area contributed by atoms with Gasteiger partial charge in [-0.1, -0.05) is 36.9 Å². The van der Waals surface area contributed by atoms with Crippen molar-refractivity contribution < 1.29 is 9.53 Å². The minimum absolute atomic E-state index is 0.0690. The lowest BCUT2D eigenvalue weighted by atomic mass is 10.2. The van der Waals surface area contributed by atoms with Crippen molar-refractivity contribution in [2.45, 2.75) is 45.4 Å². The first-order valence-electron chi connectivity index (χ1n) is 10.5. The zero-order chi connectivity index (χ0) is 22.0. The predicted molar refractivity (Wildman–Crippen MR) is 124 cm³/mol. The molecule has 0 aliphatic rings. The molecular weight excluding hydrogens is 410 g/mol. The smallest absolute Gasteiger partial charge is 0.211 e. The van der Waals surface area contributed by atoms with Gasteiger partial charge < -0.3 is 13.9 Å². The van der Waals surface area contributed by atoms with Crippen LogP contribution in [0.3, 0.4) is 0 Å². The molecule has 0 saturated carbocycles. The van der Waals surface area contributed by atoms with Gasteiger partial charge in [0, 0.05) is 42.5 Å². The lowest BCUT2D eigenvalue weighted by Gasteiger charge is -2.08. The number of hydrogen-bond donors (Lipinski definition) is 0. The molecule has 0 unspecified atom stereocenters. The second-order valence-electron chi connectivity index (χ2n) is 7.58. The summed E-state index contributed by atoms with van der Waals surface area (Å²) in [4.78, 5) is 17.7. The number of hydrogen-bond acceptors (Lipinski definition) is 6. The van der Waals surface area contributed by atoms with E-state index in [2.05, 4.69) is 38.4 Å². The standard InChI is InChI=1S/C23H27N5O2S/c1-5-10-28-19-9-7-6-8-17(19)21-22(28)24-23(26-25-21)31-14-20(29)18-13-15(2)27(16(18)3)11-12-30-4/h6-9,13H,5,10-12,14H2,1-4H3. The summed E-state index contributed by atoms with van der Waals surface area (Å²) in [5.74, 6) is 0.343. The average molecular weight is 438 g/mol. The Morgan fingerprint density at radius 2 is 1.94 bits per heavy atom. The highest BCUT2D eigenvalue weighted by Gasteiger charge is 2.18. The third kappa shape index (κ3) is 4.09. The van der Waals surface area contributed by atoms with Crippen molar-refractivity contribution in [2.75, 3.05) is 19.5 Å². The molecule has 0 aliphatic carbocycles. The number of aryl methyl sites for hydroxylation is 2. The van der Waals surface area contributed by atoms with Gasteiger partial charge in [-0.05, 0) is 32.4 Å². The lowest BCUT2D eigenvalue weighted by Crippen LogP contribution is -2.10. The maximum atomic E-state index is 12.9. The second-order valence-corrected chi connectivity index (χ2v) is 8.52. The van der Waals surface area contributed by atoms with Crippen LogP contribution in [0.5, 0.6) is 0 Å². The second kappa shape index (κ2) is 9.20. The van der Waals surface area contributed by atoms with Gasteiger partial charge in [-0.2, -0.15) is 0 Å². The van der Waals surface area contributed by atoms with E-state index in [0.717, 1.165) is 58.5 Å². The number of ketones is 1. The number of aromatic nitrogens is 5. The molecular formula is C23H27N5O2S. The Morgan fingerprint density at radius 3 is 2.71 bits per heavy atom. The number of ether oxygens (including phenoxy) is 1. The molecule has 31 heavy (non-hydrogen) atoms. The number of thioether (sulfide) groups is 1. The van der Waals surface area contributed by atoms with Crippen molar-refractivity contribution in [3.63, 3.8) is 0 Å². The van der Waals surface area contributed by atoms with E-state index < -0.39 is 0 Å². The van der Waals surface area contributed by atoms with Gasteiger partial charge in [0.1, 0.15) is 5.52 Å². The molecule has 1 aromatic carbocycles. The molecule has 3 heterocycles. The molecule has 0 saturated heterocycles. The Morgan fingerprint density at radius 1 is 1.13 bits per heavy atom. The summed E-state index contributed by atoms with van der Waals surface area (Å²) in [5.41, 5.74) is 5.52. The number of rotatable bonds is 9. The number of para-hydroxylation sites is 1. The normalized spacial score (nSPS) is 11.6. The third-order valence-electron chi connectivity index (χ3n) is 5.53. The average Bonchev–Trinajstić information content (AvgIpc) is 3.24. The molecule has 4 rings (SSSR count). The number of Topliss-reactive ketones (excluding diaryl/α,β-unsaturated/α-hetero) is 1. The first-order valence-corrected chi connectivity index (χ1v) is 11.5. The van der Waals surface area contributed by atoms with Crippen molar-refractivity contribution in [2.24, 2.45) is 0 Å². The van der Waals surface area contributed by atoms with E-state index in [9.17, 15) is 4.79 Å². The largest absolute Gasteiger partial charge is 0.383 e. The molecule has 162 valence electrons. The molecule has 0 spiro atoms. The molecule has 0 amide bonds. The first kappa shape index (κ1) is 21.5. The van der Waals surface area contributed by atoms with Gasteiger partial charge >= 0.3 is 0 Å². The summed E-state index contributed by atoms with van der Waals surface area (Å²) in [6.45, 7) is 8.35. The van der Waals surface area contributed by atoms with E-state index in [1.165, 1.54) is 11.8 Å². The molecule has 8 heteroatoms. The van der Waals surface area contributed by atoms with E-state index in [1.807, 2.05) is 32.0 Å². The lowest BCUT2D eigenvalue weighted by molar-refractivity contribution is 0.102. The number of benzene rings is 1. The maximum absolute atomic E-state index is 12.9. The molecule has 0 atom stereocenters. The van der Waals surface area contributed by atoms with Crippen LogP contribution in [0.4, 0.5) is 0 Å². The molecule has 4 aromatic rings. The van der Waals surface area contributed by atoms with Crippen LogP contribution in [0.15, 0.2) is 35.5 Å². The molecule has 0 N–H and O–H groups in total. The van der Waals surface area contributed by atoms with Gasteiger partial charge in [0.2, 0.25) is 5.16 Å². The number of carbonyl (C=O) groups excluding carboxylic acids is 1. The monoisotopic (exact) mass is 437 g/mol. The van der Waals surface area contributed by atoms with E-state index >= 15 is 0 Å². The predicted octanol–water partition coefficient (Wildman–Crippen LogP) is 4.43. The van der Waals surface area contributed by atoms with Crippen molar-refractivity contribution in [1.82, 2.24) is 24.3 Å². The number of fused-ring (bicyclic) bond motifs is 3. The quantitative estimate of drug-likeness (QED) is 0.285. The van der Waals surface area contributed by atoms with E-state index in [1.54, 1.807) is 7.11 Å². The highest BCUT2D eigenvalue weighted by atomic mass is 32.2. The van der Waals surface area contributed by atoms with Gasteiger partial charge in [-0.25, -0.2) is 4.98 Å². The summed E-state index contributed by atoms with van der Waals surface area (Å²) in [6.07, 6.45) is 0.997. The highest BCUT2D eigenvalue weighted by Crippen LogP contribution is 2.28. The first-order chi connectivity index (χ1) is 15.0. The minimum atomic E-state index is 0.0690. The maximum Gasteiger partial charge on any atom is 0.211 e. The molecule has 0 radical (unpaired) electrons. The Balaban J connectivity index is 1.58. The number of carbonyl (C=O) groups is 1. The number of methoxy groups -OCH3 is 1. The zero-order valence-corrected chi connectivity index (χ0v) is 19.2. The fourth-order valence-corrected chi connectivity index (χ4v) is 4.68. The molecule has 0 fully saturated rings. The van der Waals surface area contributed by atoms with Crippen molar-refractivity contribution in [3.8, 4) is 0 Å². The van der Waals surface area contributed by atoms with Crippen LogP contribution in [-0.2, 0) is 17.8 Å². The van der Waals surface area contributed by atoms with Gasteiger partial charge in [-0.15, -0.1) is 10.2 Å². The van der Waals surface area contributed by atoms with Crippen LogP contribution in [0.2, 0.25) is 0 Å². The van der Waals surface area contributed by atoms with Gasteiger partial charge in [0.25, 0.3) is 0 Å². The van der Waals surface area contributed by atoms with Gasteiger partial charge in [0.05, 0.1) is 17.9 Å². The van der Waals surface area contributed by atoms with Crippen LogP contribution in [0.1, 0.15) is 35.1 Å². The van der Waals surface area contributed by atoms with Crippen LogP contribution >= 0.6 is 11.8 Å². The summed E-state index contributed by atoms with van der Waals surface area (Å²) < 4.78 is 9.49. The van der Waals surface area contributed by atoms with Crippen molar-refractivity contribution in [3.05, 3.63) is 47.3 Å². The summed E-state index contributed by atoms with van der Waals surface area (Å²) in [5, 5.41) is 10.3. The summed E-state index contributed by atoms with van der Waals surface area (Å²) in [7, 11) is 1.68. The highest BCUT2D eigenvalue weighted by molar-refractivity contribution is 7.99. The Labute approximate surface area is 185 Å². The fourth-order valence-electron chi connectivity index (χ4n) is 4.02. The molecule has 0 bridgehead atoms. The Hall–Kier alpha value is -2.71. The van der Waals surface area contributed by atoms with Crippen LogP contribution < -0.4 is 0 Å². The van der Waals surface area contributed by atoms with Gasteiger partial charge in [-0.3, -0.25) is 4.79 Å². The summed E-state index contributed by atoms with van der Waals surface area (Å²) >= 11 is 1.34. The fraction of sp³-hybridized carbons (Fsp3) is 0.391. The molecule has 3 aromatic heterocycles. The number of nitrogens with zero attached hydrogens (tertiary/aromatic N) is 5. The minimum Gasteiger partial charge on any atom is -0.383 e. The van der Waals surface area contributed by atoms with Crippen molar-refractivity contribution in [1.29, 1.82) is 0 Å². The third-order valence-corrected chi connectivity index (χ3v) is 6.36. The van der Waals surface area contributed by atoms with E-state index in [4.69, 9.17) is 9.72 Å². The van der Waals surface area contributed by atoms with E-state index in [0.29, 0.717) is 11.8 Å². The van der Waals surface area contributed by atoms with Gasteiger partial charge in [0.15, 0.2) is 11.4 Å². The van der Waals surface area contributed by atoms with Crippen LogP contribution in [-0.4, -0.2) is 49.6 Å². The molecule has 0 aliphatic heterocycles.